The Hall–Kier alpha value is -1.64. The minimum Gasteiger partial charge on any atom is -0.461 e. The molecule has 0 amide bonds. The smallest absolute Gasteiger partial charge is 0.311 e. The number of carbonyl (C=O) groups excluding carboxylic acids is 2. The Morgan fingerprint density at radius 1 is 0.904 bits per heavy atom. The molecule has 0 unspecified atom stereocenters. The van der Waals surface area contributed by atoms with Crippen molar-refractivity contribution in [1.29, 1.82) is 0 Å². The van der Waals surface area contributed by atoms with Gasteiger partial charge >= 0.3 is 5.97 Å². The molecular weight excluding hydrogens is 697 g/mol. The van der Waals surface area contributed by atoms with Gasteiger partial charge in [0.15, 0.2) is 16.6 Å². The van der Waals surface area contributed by atoms with Gasteiger partial charge in [0.25, 0.3) is 0 Å². The van der Waals surface area contributed by atoms with Crippen molar-refractivity contribution < 1.29 is 23.2 Å². The SMILES string of the molecule is C/C(=C/[C@H](C)[C@@H](O[Si](C)(C)C(C)(C)C)[C@@H](C)C#CC(=O)C[C@@H]1C[C@@H](Sc2ccccc2)[C@H](C)[C@@H](O[Si](C)(C)C(C)(C)C)[C@H]1C)COC(=O)C(C)(C)C. The van der Waals surface area contributed by atoms with Gasteiger partial charge in [0.1, 0.15) is 6.61 Å². The van der Waals surface area contributed by atoms with Gasteiger partial charge in [-0.2, -0.15) is 0 Å². The molecule has 1 aromatic rings. The van der Waals surface area contributed by atoms with Crippen molar-refractivity contribution in [1.82, 2.24) is 0 Å². The molecule has 294 valence electrons. The lowest BCUT2D eigenvalue weighted by Gasteiger charge is -2.49. The quantitative estimate of drug-likeness (QED) is 0.0654. The van der Waals surface area contributed by atoms with Gasteiger partial charge in [-0.25, -0.2) is 0 Å². The van der Waals surface area contributed by atoms with Crippen LogP contribution in [0.1, 0.15) is 110 Å². The molecule has 1 fully saturated rings. The molecule has 0 saturated heterocycles. The van der Waals surface area contributed by atoms with Crippen LogP contribution in [-0.2, 0) is 23.2 Å². The maximum absolute atomic E-state index is 13.8. The summed E-state index contributed by atoms with van der Waals surface area (Å²) in [5.41, 5.74) is 0.424. The maximum Gasteiger partial charge on any atom is 0.311 e. The zero-order valence-electron chi connectivity index (χ0n) is 36.2. The average Bonchev–Trinajstić information content (AvgIpc) is 3.00. The minimum atomic E-state index is -2.17. The van der Waals surface area contributed by atoms with Gasteiger partial charge in [0, 0.05) is 28.4 Å². The fourth-order valence-electron chi connectivity index (χ4n) is 6.25. The highest BCUT2D eigenvalue weighted by Gasteiger charge is 2.47. The summed E-state index contributed by atoms with van der Waals surface area (Å²) in [5.74, 6) is 6.86. The molecule has 1 aliphatic rings. The predicted molar refractivity (Wildman–Crippen MR) is 227 cm³/mol. The van der Waals surface area contributed by atoms with Crippen molar-refractivity contribution in [2.45, 2.75) is 168 Å². The number of ketones is 1. The Bertz CT molecular complexity index is 1420. The molecule has 1 aliphatic carbocycles. The molecule has 0 bridgehead atoms. The Morgan fingerprint density at radius 3 is 1.98 bits per heavy atom. The van der Waals surface area contributed by atoms with Crippen LogP contribution in [0.25, 0.3) is 0 Å². The Balaban J connectivity index is 2.36. The zero-order chi connectivity index (χ0) is 40.0. The minimum absolute atomic E-state index is 0.00531. The number of esters is 1. The molecule has 0 radical (unpaired) electrons. The molecule has 0 spiro atoms. The highest BCUT2D eigenvalue weighted by atomic mass is 32.2. The van der Waals surface area contributed by atoms with Crippen molar-refractivity contribution in [3.8, 4) is 11.8 Å². The second-order valence-electron chi connectivity index (χ2n) is 19.8. The van der Waals surface area contributed by atoms with E-state index in [1.165, 1.54) is 4.90 Å². The molecule has 5 nitrogen and oxygen atoms in total. The van der Waals surface area contributed by atoms with Gasteiger partial charge < -0.3 is 13.6 Å². The van der Waals surface area contributed by atoms with E-state index in [-0.39, 0.29) is 64.3 Å². The lowest BCUT2D eigenvalue weighted by Crippen LogP contribution is -2.52. The Morgan fingerprint density at radius 2 is 1.46 bits per heavy atom. The number of benzene rings is 1. The van der Waals surface area contributed by atoms with Crippen LogP contribution in [0.2, 0.25) is 36.3 Å². The van der Waals surface area contributed by atoms with Gasteiger partial charge in [-0.05, 0) is 119 Å². The van der Waals surface area contributed by atoms with Crippen molar-refractivity contribution >= 4 is 40.1 Å². The van der Waals surface area contributed by atoms with Crippen LogP contribution >= 0.6 is 11.8 Å². The summed E-state index contributed by atoms with van der Waals surface area (Å²) in [5, 5.41) is 0.462. The summed E-state index contributed by atoms with van der Waals surface area (Å²) < 4.78 is 19.8. The second-order valence-corrected chi connectivity index (χ2v) is 30.6. The molecule has 8 atom stereocenters. The van der Waals surface area contributed by atoms with Gasteiger partial charge in [-0.3, -0.25) is 9.59 Å². The largest absolute Gasteiger partial charge is 0.461 e. The first-order valence-electron chi connectivity index (χ1n) is 19.5. The van der Waals surface area contributed by atoms with Crippen LogP contribution in [-0.4, -0.2) is 52.5 Å². The summed E-state index contributed by atoms with van der Waals surface area (Å²) in [4.78, 5) is 27.5. The lowest BCUT2D eigenvalue weighted by molar-refractivity contribution is -0.151. The van der Waals surface area contributed by atoms with Gasteiger partial charge in [0.05, 0.1) is 17.6 Å². The molecule has 0 aliphatic heterocycles. The van der Waals surface area contributed by atoms with Crippen LogP contribution in [0, 0.1) is 46.8 Å². The molecule has 8 heteroatoms. The number of ether oxygens (including phenoxy) is 1. The van der Waals surface area contributed by atoms with Crippen LogP contribution < -0.4 is 0 Å². The van der Waals surface area contributed by atoms with E-state index in [9.17, 15) is 9.59 Å². The number of hydrogen-bond donors (Lipinski definition) is 0. The van der Waals surface area contributed by atoms with Crippen LogP contribution in [0.4, 0.5) is 0 Å². The highest BCUT2D eigenvalue weighted by Crippen LogP contribution is 2.48. The van der Waals surface area contributed by atoms with E-state index in [2.05, 4.69) is 144 Å². The van der Waals surface area contributed by atoms with Crippen LogP contribution in [0.5, 0.6) is 0 Å². The summed E-state index contributed by atoms with van der Waals surface area (Å²) in [6.07, 6.45) is 3.41. The molecule has 1 aromatic carbocycles. The summed E-state index contributed by atoms with van der Waals surface area (Å²) in [7, 11) is -4.22. The summed E-state index contributed by atoms with van der Waals surface area (Å²) >= 11 is 1.93. The first kappa shape index (κ1) is 46.5. The standard InChI is InChI=1S/C44H74O5SSi2/c1-30(29-47-41(46)42(6,7)8)26-32(3)39(48-51(15,16)43(9,10)11)31(2)24-25-36(45)27-35-28-38(50-37-22-20-19-21-23-37)34(5)40(33(35)4)49-52(17,18)44(12,13)14/h19-23,26,31-35,38-40H,27-29H2,1-18H3/b30-26-/t31-,32-,33-,34-,35+,38+,39-,40-/m0/s1. The van der Waals surface area contributed by atoms with Gasteiger partial charge in [-0.15, -0.1) is 11.8 Å². The first-order chi connectivity index (χ1) is 23.6. The molecule has 0 N–H and O–H groups in total. The van der Waals surface area contributed by atoms with E-state index in [1.54, 1.807) is 0 Å². The van der Waals surface area contributed by atoms with Crippen molar-refractivity contribution in [3.05, 3.63) is 42.0 Å². The van der Waals surface area contributed by atoms with E-state index in [4.69, 9.17) is 13.6 Å². The van der Waals surface area contributed by atoms with E-state index < -0.39 is 22.0 Å². The third kappa shape index (κ3) is 13.3. The number of Topliss-reactive ketones (excluding diaryl/α,β-unsaturated/α-hetero) is 1. The van der Waals surface area contributed by atoms with Crippen molar-refractivity contribution in [2.75, 3.05) is 6.61 Å². The van der Waals surface area contributed by atoms with E-state index >= 15 is 0 Å². The van der Waals surface area contributed by atoms with E-state index in [1.807, 2.05) is 39.5 Å². The third-order valence-electron chi connectivity index (χ3n) is 11.9. The van der Waals surface area contributed by atoms with Gasteiger partial charge in [0.2, 0.25) is 5.78 Å². The highest BCUT2D eigenvalue weighted by molar-refractivity contribution is 8.00. The molecular formula is C44H74O5SSi2. The Labute approximate surface area is 325 Å². The van der Waals surface area contributed by atoms with Gasteiger partial charge in [-0.1, -0.05) is 92.5 Å². The normalized spacial score (nSPS) is 24.0. The second kappa shape index (κ2) is 18.3. The lowest BCUT2D eigenvalue weighted by atomic mass is 9.71. The van der Waals surface area contributed by atoms with Crippen molar-refractivity contribution in [2.24, 2.45) is 35.0 Å². The summed E-state index contributed by atoms with van der Waals surface area (Å²) in [6, 6.07) is 10.6. The first-order valence-corrected chi connectivity index (χ1v) is 26.2. The fraction of sp³-hybridized carbons (Fsp3) is 0.727. The fourth-order valence-corrected chi connectivity index (χ4v) is 10.5. The van der Waals surface area contributed by atoms with E-state index in [0.29, 0.717) is 17.6 Å². The number of carbonyl (C=O) groups is 2. The maximum atomic E-state index is 13.8. The monoisotopic (exact) mass is 770 g/mol. The van der Waals surface area contributed by atoms with Crippen molar-refractivity contribution in [3.63, 3.8) is 0 Å². The molecule has 1 saturated carbocycles. The number of thioether (sulfide) groups is 1. The third-order valence-corrected chi connectivity index (χ3v) is 22.3. The zero-order valence-corrected chi connectivity index (χ0v) is 39.0. The molecule has 52 heavy (non-hydrogen) atoms. The van der Waals surface area contributed by atoms with Crippen LogP contribution in [0.15, 0.2) is 46.9 Å². The summed E-state index contributed by atoms with van der Waals surface area (Å²) in [6.45, 7) is 39.5. The average molecular weight is 771 g/mol. The molecule has 0 aromatic heterocycles. The number of rotatable bonds is 13. The topological polar surface area (TPSA) is 61.8 Å². The number of hydrogen-bond acceptors (Lipinski definition) is 6. The predicted octanol–water partition coefficient (Wildman–Crippen LogP) is 12.0. The molecule has 2 rings (SSSR count). The van der Waals surface area contributed by atoms with Crippen LogP contribution in [0.3, 0.4) is 0 Å². The Kier molecular flexibility index (Phi) is 16.4. The van der Waals surface area contributed by atoms with E-state index in [0.717, 1.165) is 12.0 Å². The molecule has 0 heterocycles.